The first kappa shape index (κ1) is 14.5. The van der Waals surface area contributed by atoms with Crippen molar-refractivity contribution in [3.8, 4) is 0 Å². The smallest absolute Gasteiger partial charge is 0.253 e. The molecule has 0 aromatic heterocycles. The van der Waals surface area contributed by atoms with Crippen molar-refractivity contribution in [1.82, 2.24) is 9.80 Å². The Kier molecular flexibility index (Phi) is 4.56. The van der Waals surface area contributed by atoms with Gasteiger partial charge in [-0.25, -0.2) is 0 Å². The molecule has 0 spiro atoms. The van der Waals surface area contributed by atoms with E-state index in [9.17, 15) is 4.79 Å². The molecule has 0 aliphatic carbocycles. The molecule has 0 N–H and O–H groups in total. The van der Waals surface area contributed by atoms with E-state index < -0.39 is 0 Å². The fourth-order valence-electron chi connectivity index (χ4n) is 3.17. The lowest BCUT2D eigenvalue weighted by Crippen LogP contribution is -2.53. The van der Waals surface area contributed by atoms with E-state index >= 15 is 0 Å². The van der Waals surface area contributed by atoms with E-state index in [0.29, 0.717) is 6.04 Å². The van der Waals surface area contributed by atoms with E-state index in [-0.39, 0.29) is 5.91 Å². The van der Waals surface area contributed by atoms with Crippen LogP contribution in [-0.4, -0.2) is 61.1 Å². The number of rotatable bonds is 2. The zero-order chi connectivity index (χ0) is 14.7. The Balaban J connectivity index is 1.55. The average Bonchev–Trinajstić information content (AvgIpc) is 2.56. The number of amides is 1. The van der Waals surface area contributed by atoms with Crippen LogP contribution in [0.4, 0.5) is 0 Å². The maximum absolute atomic E-state index is 12.5. The summed E-state index contributed by atoms with van der Waals surface area (Å²) in [7, 11) is 0. The maximum Gasteiger partial charge on any atom is 0.253 e. The van der Waals surface area contributed by atoms with Crippen molar-refractivity contribution in [1.29, 1.82) is 0 Å². The van der Waals surface area contributed by atoms with Crippen LogP contribution in [-0.2, 0) is 4.74 Å². The zero-order valence-corrected chi connectivity index (χ0v) is 12.5. The predicted octanol–water partition coefficient (Wildman–Crippen LogP) is 1.81. The number of hydrogen-bond acceptors (Lipinski definition) is 3. The van der Waals surface area contributed by atoms with Gasteiger partial charge in [0, 0.05) is 51.0 Å². The van der Waals surface area contributed by atoms with Gasteiger partial charge in [-0.2, -0.15) is 0 Å². The van der Waals surface area contributed by atoms with E-state index in [0.717, 1.165) is 63.4 Å². The zero-order valence-electron chi connectivity index (χ0n) is 12.5. The molecule has 0 unspecified atom stereocenters. The number of benzene rings is 1. The average molecular weight is 287 g/mol. The molecule has 1 amide bonds. The molecule has 3 rings (SSSR count). The first-order valence-corrected chi connectivity index (χ1v) is 7.77. The van der Waals surface area contributed by atoms with Gasteiger partial charge in [-0.1, -0.05) is 12.1 Å². The summed E-state index contributed by atoms with van der Waals surface area (Å²) in [6.45, 7) is 9.20. The van der Waals surface area contributed by atoms with E-state index in [4.69, 9.17) is 4.74 Å². The number of carbonyl (C=O) groups is 1. The topological polar surface area (TPSA) is 32.8 Å². The number of ether oxygens (including phenoxy) is 1. The SMILES string of the molecule is [CH2]c1ccc(C(=O)N2CCN(C3CCOCC3)CC2)cc1. The van der Waals surface area contributed by atoms with Crippen LogP contribution in [0.2, 0.25) is 0 Å². The molecule has 2 fully saturated rings. The van der Waals surface area contributed by atoms with E-state index in [1.807, 2.05) is 29.2 Å². The summed E-state index contributed by atoms with van der Waals surface area (Å²) in [5.41, 5.74) is 1.71. The van der Waals surface area contributed by atoms with Gasteiger partial charge in [0.15, 0.2) is 0 Å². The lowest BCUT2D eigenvalue weighted by molar-refractivity contribution is 0.0137. The molecule has 4 nitrogen and oxygen atoms in total. The second-order valence-corrected chi connectivity index (χ2v) is 5.87. The third kappa shape index (κ3) is 3.44. The van der Waals surface area contributed by atoms with Crippen LogP contribution < -0.4 is 0 Å². The highest BCUT2D eigenvalue weighted by Gasteiger charge is 2.27. The molecule has 2 saturated heterocycles. The second-order valence-electron chi connectivity index (χ2n) is 5.87. The maximum atomic E-state index is 12.5. The summed E-state index contributed by atoms with van der Waals surface area (Å²) in [5, 5.41) is 0. The van der Waals surface area contributed by atoms with Crippen molar-refractivity contribution in [2.24, 2.45) is 0 Å². The molecule has 2 aliphatic rings. The van der Waals surface area contributed by atoms with Crippen LogP contribution in [0.5, 0.6) is 0 Å². The Morgan fingerprint density at radius 3 is 2.29 bits per heavy atom. The molecule has 4 heteroatoms. The summed E-state index contributed by atoms with van der Waals surface area (Å²) in [6, 6.07) is 8.17. The Morgan fingerprint density at radius 2 is 1.67 bits per heavy atom. The first-order chi connectivity index (χ1) is 10.2. The summed E-state index contributed by atoms with van der Waals surface area (Å²) >= 11 is 0. The molecule has 113 valence electrons. The lowest BCUT2D eigenvalue weighted by Gasteiger charge is -2.40. The second kappa shape index (κ2) is 6.58. The number of piperazine rings is 1. The van der Waals surface area contributed by atoms with E-state index in [1.54, 1.807) is 0 Å². The van der Waals surface area contributed by atoms with Crippen molar-refractivity contribution >= 4 is 5.91 Å². The van der Waals surface area contributed by atoms with Crippen LogP contribution in [0.15, 0.2) is 24.3 Å². The van der Waals surface area contributed by atoms with Crippen molar-refractivity contribution in [3.05, 3.63) is 42.3 Å². The summed E-state index contributed by atoms with van der Waals surface area (Å²) in [6.07, 6.45) is 2.25. The molecule has 1 radical (unpaired) electrons. The lowest BCUT2D eigenvalue weighted by atomic mass is 10.1. The molecular formula is C17H23N2O2. The Bertz CT molecular complexity index is 472. The third-order valence-corrected chi connectivity index (χ3v) is 4.51. The van der Waals surface area contributed by atoms with Crippen molar-refractivity contribution in [2.45, 2.75) is 18.9 Å². The standard InChI is InChI=1S/C17H23N2O2/c1-14-2-4-15(5-3-14)17(20)19-10-8-18(9-11-19)16-6-12-21-13-7-16/h2-5,16H,1,6-13H2. The first-order valence-electron chi connectivity index (χ1n) is 7.77. The minimum atomic E-state index is 0.140. The Hall–Kier alpha value is -1.39. The molecule has 0 saturated carbocycles. The normalized spacial score (nSPS) is 21.5. The Morgan fingerprint density at radius 1 is 1.05 bits per heavy atom. The van der Waals surface area contributed by atoms with Gasteiger partial charge in [0.2, 0.25) is 0 Å². The van der Waals surface area contributed by atoms with Gasteiger partial charge in [-0.3, -0.25) is 9.69 Å². The molecule has 0 atom stereocenters. The van der Waals surface area contributed by atoms with Crippen LogP contribution >= 0.6 is 0 Å². The Labute approximate surface area is 126 Å². The van der Waals surface area contributed by atoms with Crippen LogP contribution in [0.3, 0.4) is 0 Å². The van der Waals surface area contributed by atoms with Crippen molar-refractivity contribution < 1.29 is 9.53 Å². The molecule has 2 aliphatic heterocycles. The van der Waals surface area contributed by atoms with E-state index in [1.165, 1.54) is 0 Å². The quantitative estimate of drug-likeness (QED) is 0.831. The fourth-order valence-corrected chi connectivity index (χ4v) is 3.17. The molecule has 2 heterocycles. The van der Waals surface area contributed by atoms with Crippen molar-refractivity contribution in [2.75, 3.05) is 39.4 Å². The van der Waals surface area contributed by atoms with Gasteiger partial charge in [0.05, 0.1) is 0 Å². The van der Waals surface area contributed by atoms with Crippen LogP contribution in [0, 0.1) is 6.92 Å². The predicted molar refractivity (Wildman–Crippen MR) is 82.2 cm³/mol. The number of hydrogen-bond donors (Lipinski definition) is 0. The number of nitrogens with zero attached hydrogens (tertiary/aromatic N) is 2. The monoisotopic (exact) mass is 287 g/mol. The van der Waals surface area contributed by atoms with Gasteiger partial charge >= 0.3 is 0 Å². The molecule has 21 heavy (non-hydrogen) atoms. The third-order valence-electron chi connectivity index (χ3n) is 4.51. The van der Waals surface area contributed by atoms with Gasteiger partial charge in [0.25, 0.3) is 5.91 Å². The van der Waals surface area contributed by atoms with E-state index in [2.05, 4.69) is 11.8 Å². The summed E-state index contributed by atoms with van der Waals surface area (Å²) in [4.78, 5) is 16.9. The molecule has 1 aromatic rings. The van der Waals surface area contributed by atoms with Gasteiger partial charge < -0.3 is 9.64 Å². The van der Waals surface area contributed by atoms with Crippen LogP contribution in [0.25, 0.3) is 0 Å². The minimum Gasteiger partial charge on any atom is -0.381 e. The van der Waals surface area contributed by atoms with Crippen molar-refractivity contribution in [3.63, 3.8) is 0 Å². The van der Waals surface area contributed by atoms with Gasteiger partial charge in [0.1, 0.15) is 0 Å². The largest absolute Gasteiger partial charge is 0.381 e. The molecule has 1 aromatic carbocycles. The molecular weight excluding hydrogens is 264 g/mol. The number of carbonyl (C=O) groups excluding carboxylic acids is 1. The summed E-state index contributed by atoms with van der Waals surface area (Å²) in [5.74, 6) is 0.140. The highest BCUT2D eigenvalue weighted by atomic mass is 16.5. The molecule has 0 bridgehead atoms. The highest BCUT2D eigenvalue weighted by molar-refractivity contribution is 5.94. The van der Waals surface area contributed by atoms with Gasteiger partial charge in [-0.05, 0) is 37.5 Å². The minimum absolute atomic E-state index is 0.140. The van der Waals surface area contributed by atoms with Crippen LogP contribution in [0.1, 0.15) is 28.8 Å². The summed E-state index contributed by atoms with van der Waals surface area (Å²) < 4.78 is 5.42. The van der Waals surface area contributed by atoms with Gasteiger partial charge in [-0.15, -0.1) is 0 Å². The highest BCUT2D eigenvalue weighted by Crippen LogP contribution is 2.17. The fraction of sp³-hybridized carbons (Fsp3) is 0.529.